The minimum Gasteiger partial charge on any atom is -0.489 e. The molecule has 6 nitrogen and oxygen atoms in total. The number of hydrogen-bond donors (Lipinski definition) is 1. The van der Waals surface area contributed by atoms with Gasteiger partial charge in [0.1, 0.15) is 24.0 Å². The van der Waals surface area contributed by atoms with Gasteiger partial charge in [-0.05, 0) is 46.8 Å². The second kappa shape index (κ2) is 6.89. The molecule has 1 aliphatic heterocycles. The number of fused-ring (bicyclic) bond motifs is 1. The predicted molar refractivity (Wildman–Crippen MR) is 92.7 cm³/mol. The van der Waals surface area contributed by atoms with Crippen molar-refractivity contribution in [3.05, 3.63) is 23.2 Å². The van der Waals surface area contributed by atoms with Gasteiger partial charge < -0.3 is 19.7 Å². The number of amides is 2. The number of carbonyl (C=O) groups excluding carboxylic acids is 2. The molecule has 7 heteroatoms. The number of ether oxygens (including phenoxy) is 2. The smallest absolute Gasteiger partial charge is 0.408 e. The van der Waals surface area contributed by atoms with Crippen molar-refractivity contribution in [3.63, 3.8) is 0 Å². The fourth-order valence-corrected chi connectivity index (χ4v) is 2.58. The summed E-state index contributed by atoms with van der Waals surface area (Å²) < 4.78 is 10.9. The van der Waals surface area contributed by atoms with Crippen LogP contribution in [0.4, 0.5) is 10.5 Å². The molecule has 0 aromatic heterocycles. The number of nitrogens with zero attached hydrogens (tertiary/aromatic N) is 1. The van der Waals surface area contributed by atoms with Crippen LogP contribution in [0.1, 0.15) is 34.6 Å². The predicted octanol–water partition coefficient (Wildman–Crippen LogP) is 3.37. The Morgan fingerprint density at radius 2 is 2.08 bits per heavy atom. The van der Waals surface area contributed by atoms with E-state index in [1.54, 1.807) is 43.9 Å². The Bertz CT molecular complexity index is 640. The van der Waals surface area contributed by atoms with Crippen LogP contribution in [0.5, 0.6) is 5.75 Å². The topological polar surface area (TPSA) is 67.9 Å². The maximum Gasteiger partial charge on any atom is 0.408 e. The number of carbonyl (C=O) groups is 2. The first-order valence-corrected chi connectivity index (χ1v) is 8.21. The van der Waals surface area contributed by atoms with Crippen LogP contribution in [0.3, 0.4) is 0 Å². The molecule has 1 aliphatic rings. The minimum atomic E-state index is -0.839. The van der Waals surface area contributed by atoms with Crippen LogP contribution in [0.15, 0.2) is 18.2 Å². The largest absolute Gasteiger partial charge is 0.489 e. The lowest BCUT2D eigenvalue weighted by Gasteiger charge is -2.29. The molecule has 2 rings (SSSR count). The molecule has 0 spiro atoms. The quantitative estimate of drug-likeness (QED) is 0.884. The van der Waals surface area contributed by atoms with Gasteiger partial charge in [-0.2, -0.15) is 0 Å². The summed E-state index contributed by atoms with van der Waals surface area (Å²) in [5.74, 6) is 0.259. The number of alkyl carbamates (subject to hydrolysis) is 1. The number of anilines is 1. The van der Waals surface area contributed by atoms with Crippen molar-refractivity contribution in [2.45, 2.75) is 52.3 Å². The first-order chi connectivity index (χ1) is 11.1. The number of rotatable bonds is 2. The van der Waals surface area contributed by atoms with Crippen LogP contribution >= 0.6 is 11.6 Å². The molecule has 2 amide bonds. The molecule has 0 radical (unpaired) electrons. The molecule has 0 saturated heterocycles. The Kier molecular flexibility index (Phi) is 5.28. The van der Waals surface area contributed by atoms with Crippen molar-refractivity contribution < 1.29 is 19.1 Å². The third kappa shape index (κ3) is 4.32. The summed E-state index contributed by atoms with van der Waals surface area (Å²) in [5.41, 5.74) is -0.0136. The SMILES string of the molecule is CC(C)N1C(=O)[C@H](NC(=O)OC(C)(C)C)COc2cc(Cl)ccc21. The van der Waals surface area contributed by atoms with Gasteiger partial charge in [-0.25, -0.2) is 4.79 Å². The van der Waals surface area contributed by atoms with E-state index in [4.69, 9.17) is 21.1 Å². The van der Waals surface area contributed by atoms with E-state index in [-0.39, 0.29) is 18.6 Å². The molecule has 0 aliphatic carbocycles. The molecule has 0 bridgehead atoms. The van der Waals surface area contributed by atoms with E-state index in [1.165, 1.54) is 0 Å². The summed E-state index contributed by atoms with van der Waals surface area (Å²) in [6, 6.07) is 4.16. The molecule has 0 saturated carbocycles. The molecule has 0 unspecified atom stereocenters. The van der Waals surface area contributed by atoms with Gasteiger partial charge in [0.15, 0.2) is 0 Å². The summed E-state index contributed by atoms with van der Waals surface area (Å²) in [4.78, 5) is 26.5. The fourth-order valence-electron chi connectivity index (χ4n) is 2.42. The van der Waals surface area contributed by atoms with Crippen molar-refractivity contribution in [3.8, 4) is 5.75 Å². The zero-order valence-corrected chi connectivity index (χ0v) is 15.3. The van der Waals surface area contributed by atoms with E-state index in [9.17, 15) is 9.59 Å². The number of nitrogens with one attached hydrogen (secondary N) is 1. The standard InChI is InChI=1S/C17H23ClN2O4/c1-10(2)20-13-7-6-11(18)8-14(13)23-9-12(15(20)21)19-16(22)24-17(3,4)5/h6-8,10,12H,9H2,1-5H3,(H,19,22)/t12-/m1/s1. The van der Waals surface area contributed by atoms with Crippen LogP contribution in [-0.4, -0.2) is 36.3 Å². The first-order valence-electron chi connectivity index (χ1n) is 7.83. The molecule has 1 aromatic carbocycles. The Morgan fingerprint density at radius 1 is 1.42 bits per heavy atom. The highest BCUT2D eigenvalue weighted by atomic mass is 35.5. The van der Waals surface area contributed by atoms with Gasteiger partial charge in [-0.15, -0.1) is 0 Å². The number of benzene rings is 1. The number of hydrogen-bond acceptors (Lipinski definition) is 4. The van der Waals surface area contributed by atoms with Crippen molar-refractivity contribution in [2.24, 2.45) is 0 Å². The molecule has 132 valence electrons. The fraction of sp³-hybridized carbons (Fsp3) is 0.529. The third-order valence-electron chi connectivity index (χ3n) is 3.33. The lowest BCUT2D eigenvalue weighted by Crippen LogP contribution is -2.53. The molecule has 1 N–H and O–H groups in total. The highest BCUT2D eigenvalue weighted by Gasteiger charge is 2.35. The van der Waals surface area contributed by atoms with Crippen LogP contribution in [-0.2, 0) is 9.53 Å². The van der Waals surface area contributed by atoms with Gasteiger partial charge in [0, 0.05) is 17.1 Å². The van der Waals surface area contributed by atoms with Gasteiger partial charge in [0.05, 0.1) is 5.69 Å². The van der Waals surface area contributed by atoms with Gasteiger partial charge in [0.2, 0.25) is 0 Å². The third-order valence-corrected chi connectivity index (χ3v) is 3.56. The number of halogens is 1. The van der Waals surface area contributed by atoms with Crippen molar-refractivity contribution in [1.29, 1.82) is 0 Å². The van der Waals surface area contributed by atoms with Gasteiger partial charge >= 0.3 is 6.09 Å². The lowest BCUT2D eigenvalue weighted by molar-refractivity contribution is -0.121. The molecular weight excluding hydrogens is 332 g/mol. The molecule has 1 heterocycles. The zero-order valence-electron chi connectivity index (χ0n) is 14.6. The van der Waals surface area contributed by atoms with E-state index in [0.717, 1.165) is 0 Å². The Labute approximate surface area is 147 Å². The Hall–Kier alpha value is -1.95. The second-order valence-electron chi connectivity index (χ2n) is 6.92. The maximum atomic E-state index is 12.9. The Morgan fingerprint density at radius 3 is 2.67 bits per heavy atom. The maximum absolute atomic E-state index is 12.9. The summed E-state index contributed by atoms with van der Waals surface area (Å²) >= 11 is 6.01. The van der Waals surface area contributed by atoms with Gasteiger partial charge in [-0.1, -0.05) is 11.6 Å². The highest BCUT2D eigenvalue weighted by Crippen LogP contribution is 2.35. The van der Waals surface area contributed by atoms with Crippen LogP contribution in [0, 0.1) is 0 Å². The van der Waals surface area contributed by atoms with E-state index >= 15 is 0 Å². The normalized spacial score (nSPS) is 17.9. The van der Waals surface area contributed by atoms with Crippen LogP contribution in [0.2, 0.25) is 5.02 Å². The van der Waals surface area contributed by atoms with E-state index in [1.807, 2.05) is 13.8 Å². The molecule has 1 atom stereocenters. The van der Waals surface area contributed by atoms with Crippen molar-refractivity contribution in [2.75, 3.05) is 11.5 Å². The van der Waals surface area contributed by atoms with Crippen LogP contribution < -0.4 is 15.0 Å². The molecule has 1 aromatic rings. The molecule has 24 heavy (non-hydrogen) atoms. The zero-order chi connectivity index (χ0) is 18.1. The average Bonchev–Trinajstić information content (AvgIpc) is 2.55. The summed E-state index contributed by atoms with van der Waals surface area (Å²) in [7, 11) is 0. The van der Waals surface area contributed by atoms with E-state index in [0.29, 0.717) is 16.5 Å². The van der Waals surface area contributed by atoms with Crippen molar-refractivity contribution in [1.82, 2.24) is 5.32 Å². The lowest BCUT2D eigenvalue weighted by atomic mass is 10.2. The summed E-state index contributed by atoms with van der Waals surface area (Å²) in [6.45, 7) is 9.08. The summed E-state index contributed by atoms with van der Waals surface area (Å²) in [6.07, 6.45) is -0.655. The monoisotopic (exact) mass is 354 g/mol. The van der Waals surface area contributed by atoms with Crippen molar-refractivity contribution >= 4 is 29.3 Å². The van der Waals surface area contributed by atoms with E-state index in [2.05, 4.69) is 5.32 Å². The Balaban J connectivity index is 2.26. The second-order valence-corrected chi connectivity index (χ2v) is 7.36. The summed E-state index contributed by atoms with van der Waals surface area (Å²) in [5, 5.41) is 3.11. The van der Waals surface area contributed by atoms with Gasteiger partial charge in [0.25, 0.3) is 5.91 Å². The minimum absolute atomic E-state index is 0.00857. The molecular formula is C17H23ClN2O4. The van der Waals surface area contributed by atoms with Crippen LogP contribution in [0.25, 0.3) is 0 Å². The van der Waals surface area contributed by atoms with Gasteiger partial charge in [-0.3, -0.25) is 4.79 Å². The first kappa shape index (κ1) is 18.4. The van der Waals surface area contributed by atoms with E-state index < -0.39 is 17.7 Å². The highest BCUT2D eigenvalue weighted by molar-refractivity contribution is 6.30. The average molecular weight is 355 g/mol. The molecule has 0 fully saturated rings.